The fourth-order valence-corrected chi connectivity index (χ4v) is 1.09. The van der Waals surface area contributed by atoms with Gasteiger partial charge in [0, 0.05) is 0 Å². The molecular weight excluding hydrogens is 184 g/mol. The van der Waals surface area contributed by atoms with Gasteiger partial charge in [-0.2, -0.15) is 5.10 Å². The van der Waals surface area contributed by atoms with E-state index < -0.39 is 17.8 Å². The molecule has 7 heteroatoms. The molecule has 2 unspecified atom stereocenters. The number of aromatic nitrogens is 3. The zero-order valence-corrected chi connectivity index (χ0v) is 7.09. The maximum absolute atomic E-state index is 10.6. The molecule has 1 aromatic heterocycles. The number of aromatic amines is 2. The van der Waals surface area contributed by atoms with Gasteiger partial charge in [-0.3, -0.25) is 4.98 Å². The summed E-state index contributed by atoms with van der Waals surface area (Å²) in [4.78, 5) is 15.3. The predicted molar refractivity (Wildman–Crippen MR) is 42.6 cm³/mol. The van der Waals surface area contributed by atoms with Crippen LogP contribution < -0.4 is 10.5 Å². The van der Waals surface area contributed by atoms with Crippen LogP contribution in [0.5, 0.6) is 0 Å². The minimum Gasteiger partial charge on any atom is -0.391 e. The van der Waals surface area contributed by atoms with Crippen molar-refractivity contribution >= 4 is 11.8 Å². The monoisotopic (exact) mass is 192 g/mol. The van der Waals surface area contributed by atoms with Crippen molar-refractivity contribution in [1.29, 1.82) is 0 Å². The maximum atomic E-state index is 10.6. The number of nitrogens with zero attached hydrogens (tertiary/aromatic N) is 1. The van der Waals surface area contributed by atoms with Crippen LogP contribution in [0.4, 0.5) is 0 Å². The molecule has 12 heavy (non-hydrogen) atoms. The SMILES string of the molecule is CC(O)C(NCl)c1n[nH]c(=O)[nH]1. The van der Waals surface area contributed by atoms with E-state index in [0.29, 0.717) is 0 Å². The van der Waals surface area contributed by atoms with Gasteiger partial charge in [0.25, 0.3) is 0 Å². The van der Waals surface area contributed by atoms with Crippen LogP contribution in [0.15, 0.2) is 4.79 Å². The van der Waals surface area contributed by atoms with Crippen molar-refractivity contribution < 1.29 is 5.11 Å². The highest BCUT2D eigenvalue weighted by Crippen LogP contribution is 2.10. The average molecular weight is 193 g/mol. The standard InChI is InChI=1S/C5H9ClN4O2/c1-2(11)3(8-6)4-7-5(12)10-9-4/h2-3,8,11H,1H3,(H2,7,9,10,12). The quantitative estimate of drug-likeness (QED) is 0.475. The van der Waals surface area contributed by atoms with Gasteiger partial charge >= 0.3 is 5.69 Å². The Hall–Kier alpha value is -0.850. The highest BCUT2D eigenvalue weighted by Gasteiger charge is 2.19. The molecule has 0 aromatic carbocycles. The first-order valence-corrected chi connectivity index (χ1v) is 3.71. The van der Waals surface area contributed by atoms with Crippen LogP contribution in [-0.2, 0) is 0 Å². The second-order valence-corrected chi connectivity index (χ2v) is 2.61. The van der Waals surface area contributed by atoms with Gasteiger partial charge in [0.15, 0.2) is 5.82 Å². The van der Waals surface area contributed by atoms with E-state index in [0.717, 1.165) is 0 Å². The number of halogens is 1. The van der Waals surface area contributed by atoms with Crippen LogP contribution in [0.25, 0.3) is 0 Å². The molecule has 1 aromatic rings. The van der Waals surface area contributed by atoms with E-state index in [9.17, 15) is 4.79 Å². The first-order chi connectivity index (χ1) is 5.65. The Balaban J connectivity index is 2.87. The molecule has 4 N–H and O–H groups in total. The van der Waals surface area contributed by atoms with Crippen LogP contribution in [0.2, 0.25) is 0 Å². The van der Waals surface area contributed by atoms with Gasteiger partial charge in [0.05, 0.1) is 6.10 Å². The molecule has 0 aliphatic heterocycles. The van der Waals surface area contributed by atoms with Crippen molar-refractivity contribution in [2.24, 2.45) is 0 Å². The number of hydrogen-bond acceptors (Lipinski definition) is 4. The Labute approximate surface area is 73.1 Å². The van der Waals surface area contributed by atoms with Gasteiger partial charge < -0.3 is 5.11 Å². The van der Waals surface area contributed by atoms with Crippen molar-refractivity contribution in [1.82, 2.24) is 20.0 Å². The Kier molecular flexibility index (Phi) is 2.85. The first kappa shape index (κ1) is 9.24. The third-order valence-corrected chi connectivity index (χ3v) is 1.65. The summed E-state index contributed by atoms with van der Waals surface area (Å²) in [5.74, 6) is 0.282. The Morgan fingerprint density at radius 3 is 2.75 bits per heavy atom. The minimum atomic E-state index is -0.735. The molecule has 1 rings (SSSR count). The van der Waals surface area contributed by atoms with Crippen LogP contribution in [0.3, 0.4) is 0 Å². The van der Waals surface area contributed by atoms with Crippen LogP contribution in [0.1, 0.15) is 18.8 Å². The van der Waals surface area contributed by atoms with E-state index in [-0.39, 0.29) is 5.82 Å². The summed E-state index contributed by atoms with van der Waals surface area (Å²) in [6, 6.07) is -0.578. The van der Waals surface area contributed by atoms with Crippen molar-refractivity contribution in [3.63, 3.8) is 0 Å². The molecule has 0 amide bonds. The van der Waals surface area contributed by atoms with Gasteiger partial charge in [0.1, 0.15) is 6.04 Å². The minimum absolute atomic E-state index is 0.282. The van der Waals surface area contributed by atoms with E-state index in [1.165, 1.54) is 6.92 Å². The Morgan fingerprint density at radius 1 is 1.75 bits per heavy atom. The molecule has 0 radical (unpaired) electrons. The zero-order valence-electron chi connectivity index (χ0n) is 6.34. The number of nitrogens with one attached hydrogen (secondary N) is 3. The third-order valence-electron chi connectivity index (χ3n) is 1.41. The molecule has 2 atom stereocenters. The lowest BCUT2D eigenvalue weighted by Gasteiger charge is -2.13. The highest BCUT2D eigenvalue weighted by molar-refractivity contribution is 6.13. The van der Waals surface area contributed by atoms with E-state index in [1.807, 2.05) is 0 Å². The third kappa shape index (κ3) is 1.84. The summed E-state index contributed by atoms with van der Waals surface area (Å²) in [5, 5.41) is 14.9. The molecular formula is C5H9ClN4O2. The molecule has 0 aliphatic carbocycles. The second kappa shape index (κ2) is 3.70. The summed E-state index contributed by atoms with van der Waals surface area (Å²) in [6.45, 7) is 1.53. The van der Waals surface area contributed by atoms with Crippen LogP contribution >= 0.6 is 11.8 Å². The summed E-state index contributed by atoms with van der Waals surface area (Å²) < 4.78 is 0. The summed E-state index contributed by atoms with van der Waals surface area (Å²) in [5.41, 5.74) is -0.428. The smallest absolute Gasteiger partial charge is 0.340 e. The second-order valence-electron chi connectivity index (χ2n) is 2.39. The molecule has 0 bridgehead atoms. The lowest BCUT2D eigenvalue weighted by atomic mass is 10.2. The van der Waals surface area contributed by atoms with Crippen LogP contribution in [-0.4, -0.2) is 26.4 Å². The van der Waals surface area contributed by atoms with Gasteiger partial charge in [0.2, 0.25) is 0 Å². The van der Waals surface area contributed by atoms with E-state index in [4.69, 9.17) is 16.9 Å². The van der Waals surface area contributed by atoms with E-state index in [2.05, 4.69) is 20.0 Å². The van der Waals surface area contributed by atoms with Gasteiger partial charge in [-0.05, 0) is 18.7 Å². The molecule has 1 heterocycles. The van der Waals surface area contributed by atoms with Gasteiger partial charge in [-0.25, -0.2) is 14.7 Å². The number of hydrogen-bond donors (Lipinski definition) is 4. The van der Waals surface area contributed by atoms with E-state index >= 15 is 0 Å². The fourth-order valence-electron chi connectivity index (χ4n) is 0.802. The van der Waals surface area contributed by atoms with E-state index in [1.54, 1.807) is 0 Å². The Morgan fingerprint density at radius 2 is 2.42 bits per heavy atom. The molecule has 0 saturated carbocycles. The number of aliphatic hydroxyl groups is 1. The molecule has 68 valence electrons. The molecule has 6 nitrogen and oxygen atoms in total. The number of H-pyrrole nitrogens is 2. The number of rotatable bonds is 3. The normalized spacial score (nSPS) is 15.9. The van der Waals surface area contributed by atoms with Gasteiger partial charge in [-0.15, -0.1) is 0 Å². The van der Waals surface area contributed by atoms with Gasteiger partial charge in [-0.1, -0.05) is 0 Å². The fraction of sp³-hybridized carbons (Fsp3) is 0.600. The van der Waals surface area contributed by atoms with Crippen molar-refractivity contribution in [2.75, 3.05) is 0 Å². The number of aliphatic hydroxyl groups excluding tert-OH is 1. The lowest BCUT2D eigenvalue weighted by Crippen LogP contribution is -2.25. The zero-order chi connectivity index (χ0) is 9.14. The lowest BCUT2D eigenvalue weighted by molar-refractivity contribution is 0.153. The Bertz CT molecular complexity index is 294. The molecule has 0 spiro atoms. The summed E-state index contributed by atoms with van der Waals surface area (Å²) >= 11 is 5.32. The topological polar surface area (TPSA) is 93.8 Å². The van der Waals surface area contributed by atoms with Crippen molar-refractivity contribution in [2.45, 2.75) is 19.1 Å². The molecule has 0 fully saturated rings. The maximum Gasteiger partial charge on any atom is 0.340 e. The first-order valence-electron chi connectivity index (χ1n) is 3.34. The van der Waals surface area contributed by atoms with Crippen LogP contribution in [0, 0.1) is 0 Å². The van der Waals surface area contributed by atoms with Crippen molar-refractivity contribution in [3.8, 4) is 0 Å². The summed E-state index contributed by atoms with van der Waals surface area (Å²) in [6.07, 6.45) is -0.735. The largest absolute Gasteiger partial charge is 0.391 e. The summed E-state index contributed by atoms with van der Waals surface area (Å²) in [7, 11) is 0. The molecule has 0 saturated heterocycles. The molecule has 0 aliphatic rings. The predicted octanol–water partition coefficient (Wildman–Crippen LogP) is -0.737. The van der Waals surface area contributed by atoms with Crippen molar-refractivity contribution in [3.05, 3.63) is 16.3 Å². The average Bonchev–Trinajstić information content (AvgIpc) is 2.37. The highest BCUT2D eigenvalue weighted by atomic mass is 35.5.